The maximum absolute atomic E-state index is 11.8. The number of hydrogen-bond acceptors (Lipinski definition) is 1. The molecule has 1 amide bonds. The minimum absolute atomic E-state index is 0.0686. The Kier molecular flexibility index (Phi) is 4.21. The number of rotatable bonds is 4. The highest BCUT2D eigenvalue weighted by molar-refractivity contribution is 6.17. The number of benzene rings is 1. The van der Waals surface area contributed by atoms with Gasteiger partial charge in [-0.05, 0) is 30.4 Å². The van der Waals surface area contributed by atoms with Crippen molar-refractivity contribution >= 4 is 23.2 Å². The molecule has 0 fully saturated rings. The molecule has 1 unspecified atom stereocenters. The molecule has 1 N–H and O–H groups in total. The third kappa shape index (κ3) is 3.34. The number of alkyl halides is 1. The molecule has 1 atom stereocenters. The van der Waals surface area contributed by atoms with Gasteiger partial charge in [-0.1, -0.05) is 30.4 Å². The molecule has 0 heterocycles. The quantitative estimate of drug-likeness (QED) is 0.640. The molecular formula is C14H16ClNO. The van der Waals surface area contributed by atoms with Crippen molar-refractivity contribution in [2.24, 2.45) is 5.92 Å². The number of amides is 1. The van der Waals surface area contributed by atoms with Crippen LogP contribution in [-0.4, -0.2) is 5.91 Å². The lowest BCUT2D eigenvalue weighted by molar-refractivity contribution is -0.116. The topological polar surface area (TPSA) is 29.1 Å². The Balaban J connectivity index is 1.95. The van der Waals surface area contributed by atoms with E-state index in [1.807, 2.05) is 24.3 Å². The zero-order valence-corrected chi connectivity index (χ0v) is 10.4. The van der Waals surface area contributed by atoms with Gasteiger partial charge in [0.1, 0.15) is 0 Å². The number of nitrogens with one attached hydrogen (secondary N) is 1. The molecule has 0 spiro atoms. The van der Waals surface area contributed by atoms with Gasteiger partial charge in [-0.15, -0.1) is 11.6 Å². The molecule has 2 nitrogen and oxygen atoms in total. The molecule has 3 heteroatoms. The zero-order valence-electron chi connectivity index (χ0n) is 9.66. The average molecular weight is 250 g/mol. The average Bonchev–Trinajstić information content (AvgIpc) is 2.82. The Morgan fingerprint density at radius 3 is 2.94 bits per heavy atom. The SMILES string of the molecule is O=C(CC1C=CCC1)Nc1ccccc1CCl. The number of carbonyl (C=O) groups is 1. The van der Waals surface area contributed by atoms with E-state index < -0.39 is 0 Å². The minimum atomic E-state index is 0.0686. The first-order chi connectivity index (χ1) is 8.29. The van der Waals surface area contributed by atoms with Crippen molar-refractivity contribution in [3.63, 3.8) is 0 Å². The van der Waals surface area contributed by atoms with Gasteiger partial charge < -0.3 is 5.32 Å². The van der Waals surface area contributed by atoms with Crippen molar-refractivity contribution in [3.05, 3.63) is 42.0 Å². The molecule has 0 bridgehead atoms. The van der Waals surface area contributed by atoms with E-state index in [9.17, 15) is 4.79 Å². The van der Waals surface area contributed by atoms with Crippen molar-refractivity contribution in [1.82, 2.24) is 0 Å². The predicted octanol–water partition coefficient (Wildman–Crippen LogP) is 3.72. The second-order valence-electron chi connectivity index (χ2n) is 4.31. The van der Waals surface area contributed by atoms with Gasteiger partial charge in [-0.2, -0.15) is 0 Å². The van der Waals surface area contributed by atoms with Crippen LogP contribution in [0, 0.1) is 5.92 Å². The molecule has 1 aliphatic rings. The van der Waals surface area contributed by atoms with Crippen LogP contribution < -0.4 is 5.32 Å². The van der Waals surface area contributed by atoms with Crippen LogP contribution in [-0.2, 0) is 10.7 Å². The summed E-state index contributed by atoms with van der Waals surface area (Å²) in [4.78, 5) is 11.8. The molecule has 1 aliphatic carbocycles. The van der Waals surface area contributed by atoms with Gasteiger partial charge in [0.15, 0.2) is 0 Å². The predicted molar refractivity (Wildman–Crippen MR) is 71.1 cm³/mol. The van der Waals surface area contributed by atoms with Gasteiger partial charge >= 0.3 is 0 Å². The van der Waals surface area contributed by atoms with E-state index in [0.717, 1.165) is 24.1 Å². The van der Waals surface area contributed by atoms with E-state index in [1.165, 1.54) is 0 Å². The number of carbonyl (C=O) groups excluding carboxylic acids is 1. The summed E-state index contributed by atoms with van der Waals surface area (Å²) in [6.07, 6.45) is 7.02. The Morgan fingerprint density at radius 2 is 2.24 bits per heavy atom. The standard InChI is InChI=1S/C14H16ClNO/c15-10-12-7-3-4-8-13(12)16-14(17)9-11-5-1-2-6-11/h1,3-5,7-8,11H,2,6,9-10H2,(H,16,17). The number of hydrogen-bond donors (Lipinski definition) is 1. The molecule has 0 radical (unpaired) electrons. The minimum Gasteiger partial charge on any atom is -0.326 e. The zero-order chi connectivity index (χ0) is 12.1. The first kappa shape index (κ1) is 12.2. The lowest BCUT2D eigenvalue weighted by Gasteiger charge is -2.11. The Hall–Kier alpha value is -1.28. The molecule has 0 aromatic heterocycles. The fraction of sp³-hybridized carbons (Fsp3) is 0.357. The van der Waals surface area contributed by atoms with E-state index in [4.69, 9.17) is 11.6 Å². The molecule has 0 aliphatic heterocycles. The highest BCUT2D eigenvalue weighted by Gasteiger charge is 2.14. The van der Waals surface area contributed by atoms with Crippen LogP contribution in [0.1, 0.15) is 24.8 Å². The first-order valence-corrected chi connectivity index (χ1v) is 6.43. The summed E-state index contributed by atoms with van der Waals surface area (Å²) >= 11 is 5.82. The molecule has 0 saturated carbocycles. The van der Waals surface area contributed by atoms with E-state index in [-0.39, 0.29) is 5.91 Å². The van der Waals surface area contributed by atoms with Crippen LogP contribution in [0.15, 0.2) is 36.4 Å². The van der Waals surface area contributed by atoms with Crippen LogP contribution in [0.25, 0.3) is 0 Å². The molecular weight excluding hydrogens is 234 g/mol. The van der Waals surface area contributed by atoms with E-state index in [1.54, 1.807) is 0 Å². The van der Waals surface area contributed by atoms with E-state index >= 15 is 0 Å². The molecule has 2 rings (SSSR count). The van der Waals surface area contributed by atoms with Crippen LogP contribution in [0.5, 0.6) is 0 Å². The van der Waals surface area contributed by atoms with Gasteiger partial charge in [0.25, 0.3) is 0 Å². The van der Waals surface area contributed by atoms with Crippen LogP contribution in [0.2, 0.25) is 0 Å². The Labute approximate surface area is 107 Å². The second-order valence-corrected chi connectivity index (χ2v) is 4.58. The van der Waals surface area contributed by atoms with Crippen molar-refractivity contribution in [1.29, 1.82) is 0 Å². The van der Waals surface area contributed by atoms with Crippen molar-refractivity contribution < 1.29 is 4.79 Å². The molecule has 1 aromatic carbocycles. The third-order valence-electron chi connectivity index (χ3n) is 3.00. The summed E-state index contributed by atoms with van der Waals surface area (Å²) in [6, 6.07) is 7.65. The number of halogens is 1. The second kappa shape index (κ2) is 5.87. The van der Waals surface area contributed by atoms with Crippen LogP contribution in [0.3, 0.4) is 0 Å². The summed E-state index contributed by atoms with van der Waals surface area (Å²) < 4.78 is 0. The Morgan fingerprint density at radius 1 is 1.41 bits per heavy atom. The van der Waals surface area contributed by atoms with Gasteiger partial charge in [0, 0.05) is 18.0 Å². The summed E-state index contributed by atoms with van der Waals surface area (Å²) in [7, 11) is 0. The number of para-hydroxylation sites is 1. The number of anilines is 1. The fourth-order valence-electron chi connectivity index (χ4n) is 2.06. The summed E-state index contributed by atoms with van der Waals surface area (Å²) in [5.74, 6) is 0.886. The third-order valence-corrected chi connectivity index (χ3v) is 3.28. The van der Waals surface area contributed by atoms with Gasteiger partial charge in [-0.3, -0.25) is 4.79 Å². The maximum atomic E-state index is 11.8. The summed E-state index contributed by atoms with van der Waals surface area (Å²) in [6.45, 7) is 0. The highest BCUT2D eigenvalue weighted by atomic mass is 35.5. The maximum Gasteiger partial charge on any atom is 0.224 e. The van der Waals surface area contributed by atoms with E-state index in [0.29, 0.717) is 18.2 Å². The van der Waals surface area contributed by atoms with E-state index in [2.05, 4.69) is 17.5 Å². The van der Waals surface area contributed by atoms with Crippen LogP contribution in [0.4, 0.5) is 5.69 Å². The van der Waals surface area contributed by atoms with Gasteiger partial charge in [-0.25, -0.2) is 0 Å². The van der Waals surface area contributed by atoms with Crippen LogP contribution >= 0.6 is 11.6 Å². The largest absolute Gasteiger partial charge is 0.326 e. The fourth-order valence-corrected chi connectivity index (χ4v) is 2.30. The monoisotopic (exact) mass is 249 g/mol. The number of allylic oxidation sites excluding steroid dienone is 2. The van der Waals surface area contributed by atoms with Gasteiger partial charge in [0.2, 0.25) is 5.91 Å². The smallest absolute Gasteiger partial charge is 0.224 e. The van der Waals surface area contributed by atoms with Gasteiger partial charge in [0.05, 0.1) is 0 Å². The molecule has 0 saturated heterocycles. The first-order valence-electron chi connectivity index (χ1n) is 5.90. The van der Waals surface area contributed by atoms with Crippen molar-refractivity contribution in [2.45, 2.75) is 25.1 Å². The molecule has 1 aromatic rings. The normalized spacial score (nSPS) is 18.3. The Bertz CT molecular complexity index is 428. The summed E-state index contributed by atoms with van der Waals surface area (Å²) in [5, 5.41) is 2.93. The lowest BCUT2D eigenvalue weighted by atomic mass is 10.0. The molecule has 90 valence electrons. The van der Waals surface area contributed by atoms with Crippen molar-refractivity contribution in [3.8, 4) is 0 Å². The highest BCUT2D eigenvalue weighted by Crippen LogP contribution is 2.22. The molecule has 17 heavy (non-hydrogen) atoms. The lowest BCUT2D eigenvalue weighted by Crippen LogP contribution is -2.15. The van der Waals surface area contributed by atoms with Crippen molar-refractivity contribution in [2.75, 3.05) is 5.32 Å². The summed E-state index contributed by atoms with van der Waals surface area (Å²) in [5.41, 5.74) is 1.79.